The van der Waals surface area contributed by atoms with Gasteiger partial charge < -0.3 is 0 Å². The molecule has 1 aliphatic carbocycles. The van der Waals surface area contributed by atoms with Crippen LogP contribution in [0.25, 0.3) is 0 Å². The fourth-order valence-electron chi connectivity index (χ4n) is 2.13. The Hall–Kier alpha value is -0.850. The molecule has 0 aromatic heterocycles. The monoisotopic (exact) mass is 191 g/mol. The summed E-state index contributed by atoms with van der Waals surface area (Å²) in [6.07, 6.45) is 5.42. The molecule has 0 amide bonds. The van der Waals surface area contributed by atoms with Gasteiger partial charge in [-0.05, 0) is 19.3 Å². The summed E-state index contributed by atoms with van der Waals surface area (Å²) in [5.41, 5.74) is -0.309. The van der Waals surface area contributed by atoms with Gasteiger partial charge in [0.15, 0.2) is 0 Å². The Kier molecular flexibility index (Phi) is 2.58. The second kappa shape index (κ2) is 3.72. The Balaban J connectivity index is 1.93. The molecule has 1 atom stereocenters. The smallest absolute Gasteiger partial charge is 0.121 e. The van der Waals surface area contributed by atoms with Crippen molar-refractivity contribution in [2.45, 2.75) is 30.8 Å². The SMILES string of the molecule is C=CCNC1(C#N)CCN(C2CC2)C1. The highest BCUT2D eigenvalue weighted by Gasteiger charge is 2.42. The lowest BCUT2D eigenvalue weighted by Gasteiger charge is -2.22. The molecule has 3 heteroatoms. The Morgan fingerprint density at radius 2 is 2.43 bits per heavy atom. The number of nitrogens with zero attached hydrogens (tertiary/aromatic N) is 2. The zero-order valence-corrected chi connectivity index (χ0v) is 8.50. The number of nitriles is 1. The fraction of sp³-hybridized carbons (Fsp3) is 0.727. The Morgan fingerprint density at radius 1 is 1.64 bits per heavy atom. The maximum atomic E-state index is 9.19. The highest BCUT2D eigenvalue weighted by molar-refractivity contribution is 5.14. The van der Waals surface area contributed by atoms with E-state index in [-0.39, 0.29) is 5.54 Å². The van der Waals surface area contributed by atoms with Crippen LogP contribution >= 0.6 is 0 Å². The number of rotatable bonds is 4. The number of nitrogens with one attached hydrogen (secondary N) is 1. The second-order valence-corrected chi connectivity index (χ2v) is 4.32. The van der Waals surface area contributed by atoms with Gasteiger partial charge in [-0.3, -0.25) is 10.2 Å². The van der Waals surface area contributed by atoms with Crippen molar-refractivity contribution in [2.24, 2.45) is 0 Å². The quantitative estimate of drug-likeness (QED) is 0.671. The van der Waals surface area contributed by atoms with Crippen molar-refractivity contribution in [3.05, 3.63) is 12.7 Å². The van der Waals surface area contributed by atoms with E-state index in [0.29, 0.717) is 0 Å². The summed E-state index contributed by atoms with van der Waals surface area (Å²) in [6.45, 7) is 6.36. The van der Waals surface area contributed by atoms with E-state index in [2.05, 4.69) is 22.9 Å². The van der Waals surface area contributed by atoms with E-state index in [1.54, 1.807) is 0 Å². The lowest BCUT2D eigenvalue weighted by atomic mass is 10.0. The maximum Gasteiger partial charge on any atom is 0.121 e. The van der Waals surface area contributed by atoms with Crippen LogP contribution < -0.4 is 5.32 Å². The van der Waals surface area contributed by atoms with E-state index in [1.807, 2.05) is 6.08 Å². The van der Waals surface area contributed by atoms with E-state index >= 15 is 0 Å². The third-order valence-corrected chi connectivity index (χ3v) is 3.16. The predicted octanol–water partition coefficient (Wildman–Crippen LogP) is 0.892. The zero-order chi connectivity index (χ0) is 10.0. The van der Waals surface area contributed by atoms with Crippen LogP contribution in [0.2, 0.25) is 0 Å². The van der Waals surface area contributed by atoms with Crippen LogP contribution in [0.1, 0.15) is 19.3 Å². The molecular formula is C11H17N3. The van der Waals surface area contributed by atoms with Crippen molar-refractivity contribution in [3.63, 3.8) is 0 Å². The van der Waals surface area contributed by atoms with Crippen LogP contribution in [-0.4, -0.2) is 36.1 Å². The summed E-state index contributed by atoms with van der Waals surface area (Å²) >= 11 is 0. The molecule has 0 radical (unpaired) electrons. The summed E-state index contributed by atoms with van der Waals surface area (Å²) in [4.78, 5) is 2.44. The van der Waals surface area contributed by atoms with E-state index < -0.39 is 0 Å². The third-order valence-electron chi connectivity index (χ3n) is 3.16. The Labute approximate surface area is 85.4 Å². The normalized spacial score (nSPS) is 32.8. The summed E-state index contributed by atoms with van der Waals surface area (Å²) in [6, 6.07) is 3.20. The molecule has 0 aromatic carbocycles. The number of likely N-dealkylation sites (tertiary alicyclic amines) is 1. The lowest BCUT2D eigenvalue weighted by molar-refractivity contribution is 0.304. The first-order valence-corrected chi connectivity index (χ1v) is 5.31. The first-order chi connectivity index (χ1) is 6.79. The minimum absolute atomic E-state index is 0.309. The van der Waals surface area contributed by atoms with Gasteiger partial charge in [-0.25, -0.2) is 0 Å². The number of hydrogen-bond donors (Lipinski definition) is 1. The molecule has 1 heterocycles. The minimum atomic E-state index is -0.309. The average Bonchev–Trinajstić information content (AvgIpc) is 2.98. The molecule has 2 aliphatic rings. The van der Waals surface area contributed by atoms with Crippen LogP contribution in [0, 0.1) is 11.3 Å². The van der Waals surface area contributed by atoms with E-state index in [9.17, 15) is 5.26 Å². The fourth-order valence-corrected chi connectivity index (χ4v) is 2.13. The Morgan fingerprint density at radius 3 is 3.00 bits per heavy atom. The van der Waals surface area contributed by atoms with E-state index in [4.69, 9.17) is 0 Å². The van der Waals surface area contributed by atoms with Gasteiger partial charge >= 0.3 is 0 Å². The summed E-state index contributed by atoms with van der Waals surface area (Å²) in [7, 11) is 0. The topological polar surface area (TPSA) is 39.1 Å². The van der Waals surface area contributed by atoms with Crippen molar-refractivity contribution in [1.82, 2.24) is 10.2 Å². The largest absolute Gasteiger partial charge is 0.297 e. The highest BCUT2D eigenvalue weighted by Crippen LogP contribution is 2.33. The molecule has 1 aliphatic heterocycles. The zero-order valence-electron chi connectivity index (χ0n) is 8.50. The van der Waals surface area contributed by atoms with E-state index in [1.165, 1.54) is 12.8 Å². The third kappa shape index (κ3) is 1.82. The van der Waals surface area contributed by atoms with E-state index in [0.717, 1.165) is 32.1 Å². The summed E-state index contributed by atoms with van der Waals surface area (Å²) < 4.78 is 0. The molecule has 1 saturated heterocycles. The van der Waals surface area contributed by atoms with Gasteiger partial charge in [0.05, 0.1) is 6.07 Å². The van der Waals surface area contributed by atoms with Gasteiger partial charge in [-0.1, -0.05) is 6.08 Å². The summed E-state index contributed by atoms with van der Waals surface area (Å²) in [5.74, 6) is 0. The molecule has 14 heavy (non-hydrogen) atoms. The van der Waals surface area contributed by atoms with Gasteiger partial charge in [0.1, 0.15) is 5.54 Å². The molecule has 2 fully saturated rings. The molecule has 0 spiro atoms. The molecule has 3 nitrogen and oxygen atoms in total. The predicted molar refractivity (Wildman–Crippen MR) is 55.8 cm³/mol. The number of hydrogen-bond acceptors (Lipinski definition) is 3. The van der Waals surface area contributed by atoms with Gasteiger partial charge in [0.2, 0.25) is 0 Å². The molecule has 0 bridgehead atoms. The standard InChI is InChI=1S/C11H17N3/c1-2-6-13-11(8-12)5-7-14(9-11)10-3-4-10/h2,10,13H,1,3-7,9H2. The molecular weight excluding hydrogens is 174 g/mol. The van der Waals surface area contributed by atoms with Gasteiger partial charge in [0, 0.05) is 25.7 Å². The van der Waals surface area contributed by atoms with Crippen LogP contribution in [0.3, 0.4) is 0 Å². The first kappa shape index (κ1) is 9.70. The van der Waals surface area contributed by atoms with Crippen molar-refractivity contribution < 1.29 is 0 Å². The van der Waals surface area contributed by atoms with Crippen molar-refractivity contribution in [3.8, 4) is 6.07 Å². The van der Waals surface area contributed by atoms with Crippen molar-refractivity contribution >= 4 is 0 Å². The van der Waals surface area contributed by atoms with Crippen LogP contribution in [0.4, 0.5) is 0 Å². The minimum Gasteiger partial charge on any atom is -0.297 e. The Bertz CT molecular complexity index is 264. The first-order valence-electron chi connectivity index (χ1n) is 5.31. The second-order valence-electron chi connectivity index (χ2n) is 4.32. The molecule has 1 N–H and O–H groups in total. The van der Waals surface area contributed by atoms with Crippen LogP contribution in [-0.2, 0) is 0 Å². The molecule has 0 aromatic rings. The van der Waals surface area contributed by atoms with Gasteiger partial charge in [-0.2, -0.15) is 5.26 Å². The van der Waals surface area contributed by atoms with Crippen molar-refractivity contribution in [1.29, 1.82) is 5.26 Å². The molecule has 1 unspecified atom stereocenters. The lowest BCUT2D eigenvalue weighted by Crippen LogP contribution is -2.46. The van der Waals surface area contributed by atoms with Crippen LogP contribution in [0.5, 0.6) is 0 Å². The maximum absolute atomic E-state index is 9.19. The molecule has 1 saturated carbocycles. The van der Waals surface area contributed by atoms with Crippen molar-refractivity contribution in [2.75, 3.05) is 19.6 Å². The highest BCUT2D eigenvalue weighted by atomic mass is 15.2. The average molecular weight is 191 g/mol. The van der Waals surface area contributed by atoms with Gasteiger partial charge in [0.25, 0.3) is 0 Å². The summed E-state index contributed by atoms with van der Waals surface area (Å²) in [5, 5.41) is 12.5. The van der Waals surface area contributed by atoms with Crippen LogP contribution in [0.15, 0.2) is 12.7 Å². The molecule has 2 rings (SSSR count). The molecule has 76 valence electrons. The van der Waals surface area contributed by atoms with Gasteiger partial charge in [-0.15, -0.1) is 6.58 Å².